The minimum Gasteiger partial charge on any atom is -0.496 e. The van der Waals surface area contributed by atoms with Crippen molar-refractivity contribution in [2.75, 3.05) is 12.4 Å². The van der Waals surface area contributed by atoms with Gasteiger partial charge >= 0.3 is 5.97 Å². The third-order valence-corrected chi connectivity index (χ3v) is 3.68. The fraction of sp³-hybridized carbons (Fsp3) is 0.0588. The number of carboxylic acids is 1. The van der Waals surface area contributed by atoms with Crippen LogP contribution in [0.15, 0.2) is 48.7 Å². The molecule has 2 aromatic carbocycles. The topological polar surface area (TPSA) is 115 Å². The minimum absolute atomic E-state index is 0.0999. The summed E-state index contributed by atoms with van der Waals surface area (Å²) < 4.78 is 5.29. The van der Waals surface area contributed by atoms with E-state index in [1.807, 2.05) is 0 Å². The number of nitrogens with one attached hydrogen (secondary N) is 1. The lowest BCUT2D eigenvalue weighted by atomic mass is 10.1. The second-order valence-electron chi connectivity index (χ2n) is 5.10. The van der Waals surface area contributed by atoms with Gasteiger partial charge < -0.3 is 15.2 Å². The Balaban J connectivity index is 2.20. The monoisotopic (exact) mass is 339 g/mol. The Morgan fingerprint density at radius 3 is 2.68 bits per heavy atom. The van der Waals surface area contributed by atoms with E-state index in [0.717, 1.165) is 0 Å². The highest BCUT2D eigenvalue weighted by molar-refractivity contribution is 6.01. The number of aromatic nitrogens is 1. The molecule has 0 saturated carbocycles. The van der Waals surface area contributed by atoms with Crippen molar-refractivity contribution in [1.82, 2.24) is 4.98 Å². The van der Waals surface area contributed by atoms with Gasteiger partial charge in [-0.05, 0) is 24.3 Å². The lowest BCUT2D eigenvalue weighted by molar-refractivity contribution is -0.383. The van der Waals surface area contributed by atoms with E-state index < -0.39 is 10.9 Å². The fourth-order valence-electron chi connectivity index (χ4n) is 2.57. The van der Waals surface area contributed by atoms with Crippen molar-refractivity contribution in [3.63, 3.8) is 0 Å². The van der Waals surface area contributed by atoms with Crippen molar-refractivity contribution in [3.05, 3.63) is 64.3 Å². The van der Waals surface area contributed by atoms with Crippen LogP contribution in [0.2, 0.25) is 0 Å². The van der Waals surface area contributed by atoms with Crippen LogP contribution in [0, 0.1) is 10.1 Å². The first-order valence-electron chi connectivity index (χ1n) is 7.22. The second kappa shape index (κ2) is 6.44. The summed E-state index contributed by atoms with van der Waals surface area (Å²) in [7, 11) is 1.53. The molecule has 8 nitrogen and oxygen atoms in total. The molecule has 0 aliphatic carbocycles. The largest absolute Gasteiger partial charge is 0.496 e. The molecule has 25 heavy (non-hydrogen) atoms. The van der Waals surface area contributed by atoms with Crippen molar-refractivity contribution >= 4 is 33.9 Å². The molecular formula is C17H13N3O5. The Labute approximate surface area is 141 Å². The Morgan fingerprint density at radius 2 is 2.00 bits per heavy atom. The zero-order valence-electron chi connectivity index (χ0n) is 13.1. The van der Waals surface area contributed by atoms with Crippen molar-refractivity contribution < 1.29 is 19.6 Å². The van der Waals surface area contributed by atoms with Crippen molar-refractivity contribution in [2.24, 2.45) is 0 Å². The van der Waals surface area contributed by atoms with E-state index >= 15 is 0 Å². The zero-order chi connectivity index (χ0) is 18.0. The summed E-state index contributed by atoms with van der Waals surface area (Å²) in [6.07, 6.45) is 1.55. The zero-order valence-corrected chi connectivity index (χ0v) is 13.1. The number of nitrogens with zero attached hydrogens (tertiary/aromatic N) is 2. The fourth-order valence-corrected chi connectivity index (χ4v) is 2.57. The number of methoxy groups -OCH3 is 1. The van der Waals surface area contributed by atoms with Gasteiger partial charge in [-0.15, -0.1) is 0 Å². The predicted molar refractivity (Wildman–Crippen MR) is 91.6 cm³/mol. The maximum absolute atomic E-state index is 11.5. The average molecular weight is 339 g/mol. The number of para-hydroxylation sites is 2. The van der Waals surface area contributed by atoms with Gasteiger partial charge in [0.1, 0.15) is 11.4 Å². The quantitative estimate of drug-likeness (QED) is 0.539. The Kier molecular flexibility index (Phi) is 4.17. The molecule has 1 aromatic heterocycles. The van der Waals surface area contributed by atoms with Crippen LogP contribution in [0.3, 0.4) is 0 Å². The number of anilines is 2. The van der Waals surface area contributed by atoms with Crippen molar-refractivity contribution in [3.8, 4) is 5.75 Å². The average Bonchev–Trinajstić information content (AvgIpc) is 2.61. The summed E-state index contributed by atoms with van der Waals surface area (Å²) in [5.74, 6) is -0.674. The Bertz CT molecular complexity index is 955. The van der Waals surface area contributed by atoms with E-state index in [1.54, 1.807) is 30.5 Å². The number of aromatic carboxylic acids is 1. The maximum Gasteiger partial charge on any atom is 0.338 e. The van der Waals surface area contributed by atoms with Crippen LogP contribution in [0.25, 0.3) is 10.9 Å². The van der Waals surface area contributed by atoms with Crippen LogP contribution in [-0.2, 0) is 0 Å². The molecule has 3 aromatic rings. The van der Waals surface area contributed by atoms with Gasteiger partial charge in [0.15, 0.2) is 0 Å². The summed E-state index contributed by atoms with van der Waals surface area (Å²) >= 11 is 0. The van der Waals surface area contributed by atoms with E-state index in [1.165, 1.54) is 25.3 Å². The first kappa shape index (κ1) is 16.2. The molecule has 1 heterocycles. The number of ether oxygens (including phenoxy) is 1. The van der Waals surface area contributed by atoms with Crippen LogP contribution in [-0.4, -0.2) is 28.1 Å². The van der Waals surface area contributed by atoms with Gasteiger partial charge in [0, 0.05) is 17.6 Å². The standard InChI is InChI=1S/C17H13N3O5/c1-25-14-8-9-18-15-10(14)4-2-6-12(15)19-16-11(17(21)22)5-3-7-13(16)20(23)24/h2-9,19H,1H3,(H,21,22). The molecule has 2 N–H and O–H groups in total. The summed E-state index contributed by atoms with van der Waals surface area (Å²) in [5.41, 5.74) is 0.315. The molecule has 3 rings (SSSR count). The Hall–Kier alpha value is -3.68. The second-order valence-corrected chi connectivity index (χ2v) is 5.10. The van der Waals surface area contributed by atoms with E-state index in [9.17, 15) is 20.0 Å². The van der Waals surface area contributed by atoms with Crippen LogP contribution in [0.1, 0.15) is 10.4 Å². The van der Waals surface area contributed by atoms with E-state index in [4.69, 9.17) is 4.74 Å². The number of nitro benzene ring substituents is 1. The summed E-state index contributed by atoms with van der Waals surface area (Å²) in [6, 6.07) is 10.8. The molecular weight excluding hydrogens is 326 g/mol. The first-order chi connectivity index (χ1) is 12.0. The minimum atomic E-state index is -1.27. The number of rotatable bonds is 5. The molecule has 0 unspecified atom stereocenters. The van der Waals surface area contributed by atoms with E-state index in [2.05, 4.69) is 10.3 Å². The SMILES string of the molecule is COc1ccnc2c(Nc3c(C(=O)O)cccc3[N+](=O)[O-])cccc12. The molecule has 0 radical (unpaired) electrons. The number of fused-ring (bicyclic) bond motifs is 1. The van der Waals surface area contributed by atoms with Crippen LogP contribution < -0.4 is 10.1 Å². The number of hydrogen-bond donors (Lipinski definition) is 2. The number of carboxylic acid groups (broad SMARTS) is 1. The molecule has 0 saturated heterocycles. The summed E-state index contributed by atoms with van der Waals surface area (Å²) in [5, 5.41) is 24.2. The predicted octanol–water partition coefficient (Wildman–Crippen LogP) is 3.59. The highest BCUT2D eigenvalue weighted by Gasteiger charge is 2.22. The lowest BCUT2D eigenvalue weighted by Crippen LogP contribution is -2.06. The molecule has 0 aliphatic heterocycles. The van der Waals surface area contributed by atoms with E-state index in [-0.39, 0.29) is 16.9 Å². The maximum atomic E-state index is 11.5. The molecule has 8 heteroatoms. The Morgan fingerprint density at radius 1 is 1.24 bits per heavy atom. The highest BCUT2D eigenvalue weighted by atomic mass is 16.6. The molecule has 0 bridgehead atoms. The van der Waals surface area contributed by atoms with Gasteiger partial charge in [0.05, 0.1) is 28.8 Å². The third-order valence-electron chi connectivity index (χ3n) is 3.68. The van der Waals surface area contributed by atoms with Crippen LogP contribution >= 0.6 is 0 Å². The van der Waals surface area contributed by atoms with Crippen molar-refractivity contribution in [1.29, 1.82) is 0 Å². The van der Waals surface area contributed by atoms with Crippen LogP contribution in [0.4, 0.5) is 17.1 Å². The summed E-state index contributed by atoms with van der Waals surface area (Å²) in [4.78, 5) is 26.4. The first-order valence-corrected chi connectivity index (χ1v) is 7.22. The number of hydrogen-bond acceptors (Lipinski definition) is 6. The van der Waals surface area contributed by atoms with Gasteiger partial charge in [-0.3, -0.25) is 15.1 Å². The molecule has 0 spiro atoms. The third kappa shape index (κ3) is 2.92. The number of carbonyl (C=O) groups is 1. The lowest BCUT2D eigenvalue weighted by Gasteiger charge is -2.13. The van der Waals surface area contributed by atoms with Gasteiger partial charge in [0.2, 0.25) is 0 Å². The van der Waals surface area contributed by atoms with Gasteiger partial charge in [-0.25, -0.2) is 4.79 Å². The number of nitro groups is 1. The molecule has 0 amide bonds. The van der Waals surface area contributed by atoms with Gasteiger partial charge in [0.25, 0.3) is 5.69 Å². The number of pyridine rings is 1. The molecule has 126 valence electrons. The normalized spacial score (nSPS) is 10.4. The van der Waals surface area contributed by atoms with Gasteiger partial charge in [-0.2, -0.15) is 0 Å². The summed E-state index contributed by atoms with van der Waals surface area (Å²) in [6.45, 7) is 0. The molecule has 0 aliphatic rings. The number of benzene rings is 2. The molecule has 0 fully saturated rings. The van der Waals surface area contributed by atoms with Crippen molar-refractivity contribution in [2.45, 2.75) is 0 Å². The molecule has 0 atom stereocenters. The van der Waals surface area contributed by atoms with E-state index in [0.29, 0.717) is 22.3 Å². The smallest absolute Gasteiger partial charge is 0.338 e. The van der Waals surface area contributed by atoms with Gasteiger partial charge in [-0.1, -0.05) is 12.1 Å². The van der Waals surface area contributed by atoms with Crippen LogP contribution in [0.5, 0.6) is 5.75 Å². The highest BCUT2D eigenvalue weighted by Crippen LogP contribution is 2.35.